The molecule has 0 amide bonds. The SMILES string of the molecule is COC1(Cc2ccncc2C)CCNCC1. The molecule has 2 rings (SSSR count). The van der Waals surface area contributed by atoms with E-state index in [0.717, 1.165) is 32.4 Å². The maximum Gasteiger partial charge on any atom is 0.0743 e. The van der Waals surface area contributed by atoms with Crippen LogP contribution in [0.1, 0.15) is 24.0 Å². The third kappa shape index (κ3) is 2.42. The zero-order valence-corrected chi connectivity index (χ0v) is 10.1. The molecule has 0 spiro atoms. The van der Waals surface area contributed by atoms with Crippen molar-refractivity contribution in [2.45, 2.75) is 31.8 Å². The molecule has 0 bridgehead atoms. The number of methoxy groups -OCH3 is 1. The van der Waals surface area contributed by atoms with Crippen LogP contribution in [0.15, 0.2) is 18.5 Å². The molecule has 3 heteroatoms. The second-order valence-corrected chi connectivity index (χ2v) is 4.62. The number of hydrogen-bond donors (Lipinski definition) is 1. The first-order valence-corrected chi connectivity index (χ1v) is 5.91. The van der Waals surface area contributed by atoms with E-state index in [2.05, 4.69) is 23.3 Å². The van der Waals surface area contributed by atoms with E-state index >= 15 is 0 Å². The van der Waals surface area contributed by atoms with Crippen LogP contribution in [-0.2, 0) is 11.2 Å². The van der Waals surface area contributed by atoms with Gasteiger partial charge in [0.05, 0.1) is 5.60 Å². The predicted octanol–water partition coefficient (Wildman–Crippen LogP) is 1.70. The van der Waals surface area contributed by atoms with Crippen LogP contribution in [0.25, 0.3) is 0 Å². The monoisotopic (exact) mass is 220 g/mol. The van der Waals surface area contributed by atoms with Gasteiger partial charge in [0.15, 0.2) is 0 Å². The number of nitrogens with zero attached hydrogens (tertiary/aromatic N) is 1. The summed E-state index contributed by atoms with van der Waals surface area (Å²) in [6, 6.07) is 2.11. The van der Waals surface area contributed by atoms with Crippen LogP contribution in [0.4, 0.5) is 0 Å². The first-order valence-electron chi connectivity index (χ1n) is 5.91. The number of pyridine rings is 1. The Kier molecular flexibility index (Phi) is 3.56. The molecule has 2 heterocycles. The van der Waals surface area contributed by atoms with E-state index in [1.54, 1.807) is 0 Å². The number of nitrogens with one attached hydrogen (secondary N) is 1. The summed E-state index contributed by atoms with van der Waals surface area (Å²) in [4.78, 5) is 4.13. The maximum absolute atomic E-state index is 5.78. The molecule has 0 unspecified atom stereocenters. The fraction of sp³-hybridized carbons (Fsp3) is 0.615. The molecule has 1 N–H and O–H groups in total. The predicted molar refractivity (Wildman–Crippen MR) is 64.5 cm³/mol. The van der Waals surface area contributed by atoms with Crippen LogP contribution in [0, 0.1) is 6.92 Å². The van der Waals surface area contributed by atoms with Crippen molar-refractivity contribution in [3.05, 3.63) is 29.6 Å². The van der Waals surface area contributed by atoms with Gasteiger partial charge in [-0.15, -0.1) is 0 Å². The molecule has 0 aromatic carbocycles. The highest BCUT2D eigenvalue weighted by Gasteiger charge is 2.32. The van der Waals surface area contributed by atoms with Gasteiger partial charge in [-0.3, -0.25) is 4.98 Å². The van der Waals surface area contributed by atoms with Crippen LogP contribution >= 0.6 is 0 Å². The van der Waals surface area contributed by atoms with Gasteiger partial charge in [0, 0.05) is 25.9 Å². The van der Waals surface area contributed by atoms with Crippen LogP contribution in [0.5, 0.6) is 0 Å². The quantitative estimate of drug-likeness (QED) is 0.842. The van der Waals surface area contributed by atoms with Crippen molar-refractivity contribution in [3.8, 4) is 0 Å². The second-order valence-electron chi connectivity index (χ2n) is 4.62. The van der Waals surface area contributed by atoms with Gasteiger partial charge in [-0.25, -0.2) is 0 Å². The first kappa shape index (κ1) is 11.6. The zero-order valence-electron chi connectivity index (χ0n) is 10.1. The lowest BCUT2D eigenvalue weighted by atomic mass is 9.85. The minimum atomic E-state index is 0.0252. The third-order valence-electron chi connectivity index (χ3n) is 3.60. The molecule has 1 aliphatic rings. The zero-order chi connectivity index (χ0) is 11.4. The number of aromatic nitrogens is 1. The van der Waals surface area contributed by atoms with Gasteiger partial charge in [0.2, 0.25) is 0 Å². The highest BCUT2D eigenvalue weighted by molar-refractivity contribution is 5.23. The summed E-state index contributed by atoms with van der Waals surface area (Å²) in [5, 5.41) is 3.38. The highest BCUT2D eigenvalue weighted by atomic mass is 16.5. The van der Waals surface area contributed by atoms with E-state index in [4.69, 9.17) is 4.74 Å². The Labute approximate surface area is 97.2 Å². The molecule has 1 aliphatic heterocycles. The van der Waals surface area contributed by atoms with Crippen molar-refractivity contribution >= 4 is 0 Å². The van der Waals surface area contributed by atoms with Crippen LogP contribution in [0.3, 0.4) is 0 Å². The number of aryl methyl sites for hydroxylation is 1. The molecule has 1 fully saturated rings. The molecule has 0 radical (unpaired) electrons. The molecule has 1 aromatic rings. The first-order chi connectivity index (χ1) is 7.76. The Hall–Kier alpha value is -0.930. The molecule has 0 atom stereocenters. The van der Waals surface area contributed by atoms with Crippen molar-refractivity contribution in [3.63, 3.8) is 0 Å². The number of ether oxygens (including phenoxy) is 1. The third-order valence-corrected chi connectivity index (χ3v) is 3.60. The topological polar surface area (TPSA) is 34.1 Å². The number of rotatable bonds is 3. The number of hydrogen-bond acceptors (Lipinski definition) is 3. The van der Waals surface area contributed by atoms with Gasteiger partial charge in [0.25, 0.3) is 0 Å². The Balaban J connectivity index is 2.15. The largest absolute Gasteiger partial charge is 0.378 e. The minimum absolute atomic E-state index is 0.0252. The lowest BCUT2D eigenvalue weighted by Gasteiger charge is -2.36. The Morgan fingerprint density at radius 3 is 2.81 bits per heavy atom. The summed E-state index contributed by atoms with van der Waals surface area (Å²) in [5.41, 5.74) is 2.65. The Morgan fingerprint density at radius 2 is 2.19 bits per heavy atom. The van der Waals surface area contributed by atoms with Gasteiger partial charge in [-0.1, -0.05) is 0 Å². The maximum atomic E-state index is 5.78. The van der Waals surface area contributed by atoms with Crippen molar-refractivity contribution in [2.75, 3.05) is 20.2 Å². The van der Waals surface area contributed by atoms with E-state index in [9.17, 15) is 0 Å². The average molecular weight is 220 g/mol. The summed E-state index contributed by atoms with van der Waals surface area (Å²) in [5.74, 6) is 0. The van der Waals surface area contributed by atoms with Crippen molar-refractivity contribution in [1.82, 2.24) is 10.3 Å². The summed E-state index contributed by atoms with van der Waals surface area (Å²) < 4.78 is 5.78. The fourth-order valence-corrected chi connectivity index (χ4v) is 2.38. The summed E-state index contributed by atoms with van der Waals surface area (Å²) in [6.45, 7) is 4.22. The van der Waals surface area contributed by atoms with Crippen molar-refractivity contribution < 1.29 is 4.74 Å². The van der Waals surface area contributed by atoms with Crippen molar-refractivity contribution in [1.29, 1.82) is 0 Å². The molecule has 1 aromatic heterocycles. The lowest BCUT2D eigenvalue weighted by molar-refractivity contribution is -0.0334. The van der Waals surface area contributed by atoms with Crippen LogP contribution in [-0.4, -0.2) is 30.8 Å². The molecular weight excluding hydrogens is 200 g/mol. The lowest BCUT2D eigenvalue weighted by Crippen LogP contribution is -2.45. The van der Waals surface area contributed by atoms with E-state index in [0.29, 0.717) is 0 Å². The Bertz CT molecular complexity index is 346. The van der Waals surface area contributed by atoms with Gasteiger partial charge >= 0.3 is 0 Å². The van der Waals surface area contributed by atoms with Gasteiger partial charge < -0.3 is 10.1 Å². The average Bonchev–Trinajstić information content (AvgIpc) is 2.33. The second kappa shape index (κ2) is 4.93. The highest BCUT2D eigenvalue weighted by Crippen LogP contribution is 2.27. The van der Waals surface area contributed by atoms with Gasteiger partial charge in [-0.05, 0) is 50.0 Å². The molecule has 3 nitrogen and oxygen atoms in total. The summed E-state index contributed by atoms with van der Waals surface area (Å²) >= 11 is 0. The standard InChI is InChI=1S/C13H20N2O/c1-11-10-15-6-3-12(11)9-13(16-2)4-7-14-8-5-13/h3,6,10,14H,4-5,7-9H2,1-2H3. The van der Waals surface area contributed by atoms with Crippen LogP contribution < -0.4 is 5.32 Å². The van der Waals surface area contributed by atoms with E-state index in [1.165, 1.54) is 11.1 Å². The molecule has 16 heavy (non-hydrogen) atoms. The molecular formula is C13H20N2O. The van der Waals surface area contributed by atoms with Gasteiger partial charge in [0.1, 0.15) is 0 Å². The Morgan fingerprint density at radius 1 is 1.44 bits per heavy atom. The molecule has 0 saturated carbocycles. The smallest absolute Gasteiger partial charge is 0.0743 e. The molecule has 88 valence electrons. The van der Waals surface area contributed by atoms with Crippen molar-refractivity contribution in [2.24, 2.45) is 0 Å². The summed E-state index contributed by atoms with van der Waals surface area (Å²) in [6.07, 6.45) is 6.97. The van der Waals surface area contributed by atoms with Gasteiger partial charge in [-0.2, -0.15) is 0 Å². The van der Waals surface area contributed by atoms with E-state index < -0.39 is 0 Å². The molecule has 0 aliphatic carbocycles. The molecule has 1 saturated heterocycles. The fourth-order valence-electron chi connectivity index (χ4n) is 2.38. The minimum Gasteiger partial charge on any atom is -0.378 e. The number of piperidine rings is 1. The summed E-state index contributed by atoms with van der Waals surface area (Å²) in [7, 11) is 1.84. The van der Waals surface area contributed by atoms with Crippen LogP contribution in [0.2, 0.25) is 0 Å². The normalized spacial score (nSPS) is 19.6. The van der Waals surface area contributed by atoms with E-state index in [-0.39, 0.29) is 5.60 Å². The van der Waals surface area contributed by atoms with E-state index in [1.807, 2.05) is 19.5 Å².